The lowest BCUT2D eigenvalue weighted by atomic mass is 10.3. The van der Waals surface area contributed by atoms with Crippen LogP contribution in [0.25, 0.3) is 0 Å². The van der Waals surface area contributed by atoms with Gasteiger partial charge in [-0.05, 0) is 19.1 Å². The second-order valence-corrected chi connectivity index (χ2v) is 3.91. The Hall–Kier alpha value is -1.50. The van der Waals surface area contributed by atoms with Crippen molar-refractivity contribution < 1.29 is 18.0 Å². The van der Waals surface area contributed by atoms with Crippen molar-refractivity contribution in [3.8, 4) is 0 Å². The third kappa shape index (κ3) is 3.76. The Morgan fingerprint density at radius 1 is 1.50 bits per heavy atom. The molecule has 18 heavy (non-hydrogen) atoms. The van der Waals surface area contributed by atoms with Crippen molar-refractivity contribution in [1.29, 1.82) is 0 Å². The van der Waals surface area contributed by atoms with Gasteiger partial charge >= 0.3 is 6.18 Å². The van der Waals surface area contributed by atoms with E-state index in [0.717, 1.165) is 0 Å². The van der Waals surface area contributed by atoms with Gasteiger partial charge in [0.15, 0.2) is 0 Å². The van der Waals surface area contributed by atoms with Crippen LogP contribution in [0.2, 0.25) is 5.02 Å². The largest absolute Gasteiger partial charge is 0.406 e. The molecule has 0 aliphatic heterocycles. The molecule has 0 fully saturated rings. The Kier molecular flexibility index (Phi) is 4.39. The molecule has 8 heteroatoms. The topological polar surface area (TPSA) is 59.2 Å². The van der Waals surface area contributed by atoms with Gasteiger partial charge in [-0.1, -0.05) is 11.6 Å². The monoisotopic (exact) mass is 281 g/mol. The Morgan fingerprint density at radius 3 is 2.61 bits per heavy atom. The van der Waals surface area contributed by atoms with Crippen molar-refractivity contribution in [3.63, 3.8) is 0 Å². The van der Waals surface area contributed by atoms with Gasteiger partial charge in [0, 0.05) is 6.54 Å². The van der Waals surface area contributed by atoms with Crippen molar-refractivity contribution in [2.75, 3.05) is 18.8 Å². The Balaban J connectivity index is 3.00. The first-order valence-corrected chi connectivity index (χ1v) is 5.40. The van der Waals surface area contributed by atoms with Gasteiger partial charge in [0.05, 0.1) is 5.02 Å². The summed E-state index contributed by atoms with van der Waals surface area (Å²) in [5.74, 6) is -0.877. The summed E-state index contributed by atoms with van der Waals surface area (Å²) in [4.78, 5) is 16.1. The number of amides is 1. The zero-order chi connectivity index (χ0) is 13.9. The number of nitrogens with two attached hydrogens (primary N) is 1. The first-order valence-electron chi connectivity index (χ1n) is 5.02. The molecule has 0 bridgehead atoms. The molecule has 0 aromatic carbocycles. The van der Waals surface area contributed by atoms with Gasteiger partial charge in [-0.3, -0.25) is 4.79 Å². The molecule has 1 aromatic rings. The molecular formula is C10H11ClF3N3O. The van der Waals surface area contributed by atoms with Crippen molar-refractivity contribution in [2.45, 2.75) is 13.1 Å². The van der Waals surface area contributed by atoms with Gasteiger partial charge in [-0.15, -0.1) is 0 Å². The van der Waals surface area contributed by atoms with Crippen molar-refractivity contribution in [3.05, 3.63) is 22.8 Å². The minimum Gasteiger partial charge on any atom is -0.384 e. The number of pyridine rings is 1. The number of carbonyl (C=O) groups excluding carboxylic acids is 1. The number of alkyl halides is 3. The second kappa shape index (κ2) is 5.43. The van der Waals surface area contributed by atoms with E-state index in [1.165, 1.54) is 19.1 Å². The molecule has 0 aliphatic rings. The smallest absolute Gasteiger partial charge is 0.384 e. The number of hydrogen-bond donors (Lipinski definition) is 1. The number of nitrogens with zero attached hydrogens (tertiary/aromatic N) is 2. The highest BCUT2D eigenvalue weighted by molar-refractivity contribution is 6.33. The van der Waals surface area contributed by atoms with E-state index in [9.17, 15) is 18.0 Å². The maximum Gasteiger partial charge on any atom is 0.406 e. The maximum atomic E-state index is 12.3. The summed E-state index contributed by atoms with van der Waals surface area (Å²) in [6, 6.07) is 2.68. The molecule has 1 heterocycles. The summed E-state index contributed by atoms with van der Waals surface area (Å²) in [5.41, 5.74) is 5.10. The molecule has 0 spiro atoms. The number of aromatic nitrogens is 1. The lowest BCUT2D eigenvalue weighted by Crippen LogP contribution is -2.39. The molecular weight excluding hydrogens is 271 g/mol. The van der Waals surface area contributed by atoms with Crippen LogP contribution >= 0.6 is 11.6 Å². The Labute approximate surface area is 107 Å². The molecule has 0 radical (unpaired) electrons. The van der Waals surface area contributed by atoms with Crippen LogP contribution in [-0.4, -0.2) is 35.1 Å². The fourth-order valence-corrected chi connectivity index (χ4v) is 1.49. The van der Waals surface area contributed by atoms with Crippen LogP contribution in [0.15, 0.2) is 12.1 Å². The van der Waals surface area contributed by atoms with Crippen molar-refractivity contribution in [1.82, 2.24) is 9.88 Å². The van der Waals surface area contributed by atoms with Crippen LogP contribution in [0.4, 0.5) is 19.0 Å². The zero-order valence-corrected chi connectivity index (χ0v) is 10.2. The van der Waals surface area contributed by atoms with Crippen LogP contribution < -0.4 is 5.73 Å². The first-order chi connectivity index (χ1) is 8.24. The first kappa shape index (κ1) is 14.6. The van der Waals surface area contributed by atoms with Gasteiger partial charge in [-0.25, -0.2) is 4.98 Å². The summed E-state index contributed by atoms with van der Waals surface area (Å²) in [6.45, 7) is -0.0237. The fourth-order valence-electron chi connectivity index (χ4n) is 1.30. The van der Waals surface area contributed by atoms with E-state index in [4.69, 9.17) is 17.3 Å². The van der Waals surface area contributed by atoms with Gasteiger partial charge in [0.2, 0.25) is 0 Å². The standard InChI is InChI=1S/C10H11ClF3N3O/c1-2-17(5-10(12,13)14)9(18)8-6(11)3-4-7(15)16-8/h3-4H,2,5H2,1H3,(H2,15,16). The molecule has 1 rings (SSSR count). The minimum absolute atomic E-state index is 0.0193. The maximum absolute atomic E-state index is 12.3. The normalized spacial score (nSPS) is 11.4. The van der Waals surface area contributed by atoms with E-state index in [2.05, 4.69) is 4.98 Å². The van der Waals surface area contributed by atoms with E-state index >= 15 is 0 Å². The third-order valence-corrected chi connectivity index (χ3v) is 2.41. The lowest BCUT2D eigenvalue weighted by Gasteiger charge is -2.22. The number of nitrogen functional groups attached to an aromatic ring is 1. The summed E-state index contributed by atoms with van der Waals surface area (Å²) in [5, 5.41) is -0.0326. The van der Waals surface area contributed by atoms with Gasteiger partial charge in [0.25, 0.3) is 5.91 Å². The van der Waals surface area contributed by atoms with E-state index in [0.29, 0.717) is 4.90 Å². The van der Waals surface area contributed by atoms with Crippen molar-refractivity contribution in [2.24, 2.45) is 0 Å². The summed E-state index contributed by atoms with van der Waals surface area (Å²) >= 11 is 5.72. The van der Waals surface area contributed by atoms with Gasteiger partial charge < -0.3 is 10.6 Å². The molecule has 0 atom stereocenters. The van der Waals surface area contributed by atoms with Crippen molar-refractivity contribution >= 4 is 23.3 Å². The predicted octanol–water partition coefficient (Wildman–Crippen LogP) is 2.34. The van der Waals surface area contributed by atoms with Gasteiger partial charge in [-0.2, -0.15) is 13.2 Å². The third-order valence-electron chi connectivity index (χ3n) is 2.11. The van der Waals surface area contributed by atoms with Crippen LogP contribution in [-0.2, 0) is 0 Å². The van der Waals surface area contributed by atoms with E-state index in [1.807, 2.05) is 0 Å². The summed E-state index contributed by atoms with van der Waals surface area (Å²) in [7, 11) is 0. The van der Waals surface area contributed by atoms with E-state index < -0.39 is 18.6 Å². The Bertz CT molecular complexity index is 450. The molecule has 4 nitrogen and oxygen atoms in total. The quantitative estimate of drug-likeness (QED) is 0.925. The number of halogens is 4. The van der Waals surface area contributed by atoms with E-state index in [-0.39, 0.29) is 23.1 Å². The second-order valence-electron chi connectivity index (χ2n) is 3.50. The fraction of sp³-hybridized carbons (Fsp3) is 0.400. The number of hydrogen-bond acceptors (Lipinski definition) is 3. The highest BCUT2D eigenvalue weighted by atomic mass is 35.5. The molecule has 2 N–H and O–H groups in total. The molecule has 0 unspecified atom stereocenters. The Morgan fingerprint density at radius 2 is 2.11 bits per heavy atom. The number of carbonyl (C=O) groups is 1. The number of rotatable bonds is 3. The average Bonchev–Trinajstić information content (AvgIpc) is 2.27. The van der Waals surface area contributed by atoms with Crippen LogP contribution in [0, 0.1) is 0 Å². The molecule has 1 amide bonds. The predicted molar refractivity (Wildman–Crippen MR) is 61.3 cm³/mol. The van der Waals surface area contributed by atoms with Crippen LogP contribution in [0.3, 0.4) is 0 Å². The molecule has 100 valence electrons. The molecule has 0 aliphatic carbocycles. The van der Waals surface area contributed by atoms with Crippen LogP contribution in [0.1, 0.15) is 17.4 Å². The highest BCUT2D eigenvalue weighted by Crippen LogP contribution is 2.21. The summed E-state index contributed by atoms with van der Waals surface area (Å²) < 4.78 is 36.8. The highest BCUT2D eigenvalue weighted by Gasteiger charge is 2.33. The summed E-state index contributed by atoms with van der Waals surface area (Å²) in [6.07, 6.45) is -4.47. The lowest BCUT2D eigenvalue weighted by molar-refractivity contribution is -0.140. The van der Waals surface area contributed by atoms with E-state index in [1.54, 1.807) is 0 Å². The zero-order valence-electron chi connectivity index (χ0n) is 9.46. The molecule has 1 aromatic heterocycles. The molecule has 0 saturated heterocycles. The van der Waals surface area contributed by atoms with Crippen LogP contribution in [0.5, 0.6) is 0 Å². The SMILES string of the molecule is CCN(CC(F)(F)F)C(=O)c1nc(N)ccc1Cl. The average molecular weight is 282 g/mol. The van der Waals surface area contributed by atoms with Gasteiger partial charge in [0.1, 0.15) is 18.1 Å². The number of anilines is 1. The minimum atomic E-state index is -4.47. The molecule has 0 saturated carbocycles.